The molecule has 1 radical (unpaired) electrons. The quantitative estimate of drug-likeness (QED) is 0.791. The Balaban J connectivity index is 1.54. The van der Waals surface area contributed by atoms with Crippen LogP contribution in [0.3, 0.4) is 0 Å². The minimum atomic E-state index is -0.495. The Morgan fingerprint density at radius 3 is 2.12 bits per heavy atom. The summed E-state index contributed by atoms with van der Waals surface area (Å²) < 4.78 is 16.1. The average Bonchev–Trinajstić information content (AvgIpc) is 3.08. The zero-order chi connectivity index (χ0) is 16.8. The third-order valence-corrected chi connectivity index (χ3v) is 3.67. The predicted octanol–water partition coefficient (Wildman–Crippen LogP) is 3.02. The van der Waals surface area contributed by atoms with E-state index < -0.39 is 24.1 Å². The summed E-state index contributed by atoms with van der Waals surface area (Å²) in [7, 11) is 0. The van der Waals surface area contributed by atoms with Crippen LogP contribution < -0.4 is 0 Å². The summed E-state index contributed by atoms with van der Waals surface area (Å²) in [6.07, 6.45) is -0.502. The van der Waals surface area contributed by atoms with Crippen LogP contribution in [0.25, 0.3) is 0 Å². The first kappa shape index (κ1) is 16.2. The van der Waals surface area contributed by atoms with E-state index in [2.05, 4.69) is 0 Å². The Bertz CT molecular complexity index is 683. The van der Waals surface area contributed by atoms with Crippen molar-refractivity contribution < 1.29 is 23.8 Å². The van der Waals surface area contributed by atoms with E-state index in [0.29, 0.717) is 17.5 Å². The smallest absolute Gasteiger partial charge is 0.338 e. The summed E-state index contributed by atoms with van der Waals surface area (Å²) in [4.78, 5) is 24.1. The monoisotopic (exact) mass is 325 g/mol. The number of rotatable bonds is 5. The number of esters is 2. The minimum absolute atomic E-state index is 0.0248. The normalized spacial score (nSPS) is 19.7. The van der Waals surface area contributed by atoms with Crippen molar-refractivity contribution in [1.82, 2.24) is 0 Å². The molecule has 0 spiro atoms. The van der Waals surface area contributed by atoms with Crippen LogP contribution in [0.2, 0.25) is 0 Å². The summed E-state index contributed by atoms with van der Waals surface area (Å²) in [5.74, 6) is -0.849. The fraction of sp³-hybridized carbons (Fsp3) is 0.211. The van der Waals surface area contributed by atoms with Crippen LogP contribution in [0.15, 0.2) is 60.7 Å². The van der Waals surface area contributed by atoms with Crippen molar-refractivity contribution in [2.24, 2.45) is 0 Å². The molecule has 5 nitrogen and oxygen atoms in total. The van der Waals surface area contributed by atoms with Crippen LogP contribution >= 0.6 is 0 Å². The van der Waals surface area contributed by atoms with Crippen molar-refractivity contribution in [3.8, 4) is 0 Å². The second kappa shape index (κ2) is 7.75. The topological polar surface area (TPSA) is 61.8 Å². The van der Waals surface area contributed by atoms with E-state index in [1.165, 1.54) is 0 Å². The SMILES string of the molecule is O=C(OC[C@H]1O[CH]C[C@@H]1OC(=O)c1ccccc1)c1ccccc1. The predicted molar refractivity (Wildman–Crippen MR) is 86.2 cm³/mol. The van der Waals surface area contributed by atoms with Crippen molar-refractivity contribution in [2.45, 2.75) is 18.6 Å². The van der Waals surface area contributed by atoms with Crippen LogP contribution in [0.5, 0.6) is 0 Å². The number of carbonyl (C=O) groups is 2. The molecule has 1 heterocycles. The van der Waals surface area contributed by atoms with Gasteiger partial charge in [-0.15, -0.1) is 0 Å². The van der Waals surface area contributed by atoms with Gasteiger partial charge in [-0.1, -0.05) is 36.4 Å². The van der Waals surface area contributed by atoms with Gasteiger partial charge in [0.1, 0.15) is 18.8 Å². The van der Waals surface area contributed by atoms with Crippen molar-refractivity contribution >= 4 is 11.9 Å². The van der Waals surface area contributed by atoms with Gasteiger partial charge in [-0.25, -0.2) is 9.59 Å². The standard InChI is InChI=1S/C19H17O5/c20-18(14-7-3-1-4-8-14)23-13-17-16(11-12-22-17)24-19(21)15-9-5-2-6-10-15/h1-10,12,16-17H,11,13H2/t16-,17+/m0/s1. The van der Waals surface area contributed by atoms with Gasteiger partial charge in [0.05, 0.1) is 17.7 Å². The molecule has 0 unspecified atom stereocenters. The zero-order valence-electron chi connectivity index (χ0n) is 13.0. The summed E-state index contributed by atoms with van der Waals surface area (Å²) in [6.45, 7) is 1.60. The molecule has 1 aliphatic rings. The second-order valence-corrected chi connectivity index (χ2v) is 5.35. The van der Waals surface area contributed by atoms with Crippen LogP contribution in [0.1, 0.15) is 27.1 Å². The summed E-state index contributed by atoms with van der Waals surface area (Å²) in [6, 6.07) is 17.5. The summed E-state index contributed by atoms with van der Waals surface area (Å²) in [5, 5.41) is 0. The van der Waals surface area contributed by atoms with E-state index in [1.54, 1.807) is 55.1 Å². The Labute approximate surface area is 140 Å². The van der Waals surface area contributed by atoms with E-state index in [4.69, 9.17) is 14.2 Å². The number of benzene rings is 2. The van der Waals surface area contributed by atoms with Crippen molar-refractivity contribution in [1.29, 1.82) is 0 Å². The molecule has 1 saturated heterocycles. The van der Waals surface area contributed by atoms with Crippen LogP contribution in [-0.4, -0.2) is 30.8 Å². The van der Waals surface area contributed by atoms with E-state index in [0.717, 1.165) is 0 Å². The Kier molecular flexibility index (Phi) is 5.23. The zero-order valence-corrected chi connectivity index (χ0v) is 13.0. The van der Waals surface area contributed by atoms with Gasteiger partial charge in [-0.2, -0.15) is 0 Å². The van der Waals surface area contributed by atoms with E-state index in [-0.39, 0.29) is 6.61 Å². The Morgan fingerprint density at radius 2 is 1.50 bits per heavy atom. The second-order valence-electron chi connectivity index (χ2n) is 5.35. The molecule has 0 bridgehead atoms. The molecule has 1 aliphatic heterocycles. The van der Waals surface area contributed by atoms with Crippen molar-refractivity contribution in [2.75, 3.05) is 6.61 Å². The highest BCUT2D eigenvalue weighted by Crippen LogP contribution is 2.22. The van der Waals surface area contributed by atoms with Crippen LogP contribution in [0, 0.1) is 6.61 Å². The molecule has 0 saturated carbocycles. The van der Waals surface area contributed by atoms with Crippen LogP contribution in [-0.2, 0) is 14.2 Å². The lowest BCUT2D eigenvalue weighted by molar-refractivity contribution is -0.0223. The third kappa shape index (κ3) is 4.00. The molecule has 0 aromatic heterocycles. The maximum absolute atomic E-state index is 12.1. The fourth-order valence-electron chi connectivity index (χ4n) is 2.38. The first-order valence-corrected chi connectivity index (χ1v) is 7.69. The highest BCUT2D eigenvalue weighted by atomic mass is 16.6. The number of hydrogen-bond acceptors (Lipinski definition) is 5. The number of carbonyl (C=O) groups excluding carboxylic acids is 2. The lowest BCUT2D eigenvalue weighted by atomic mass is 10.2. The van der Waals surface area contributed by atoms with Gasteiger partial charge in [-0.05, 0) is 24.3 Å². The molecule has 5 heteroatoms. The Hall–Kier alpha value is -2.66. The van der Waals surface area contributed by atoms with Gasteiger partial charge in [0, 0.05) is 6.42 Å². The van der Waals surface area contributed by atoms with Crippen molar-refractivity contribution in [3.05, 3.63) is 78.4 Å². The molecule has 2 atom stereocenters. The average molecular weight is 325 g/mol. The van der Waals surface area contributed by atoms with Gasteiger partial charge in [0.25, 0.3) is 0 Å². The maximum Gasteiger partial charge on any atom is 0.338 e. The molecule has 0 N–H and O–H groups in total. The maximum atomic E-state index is 12.1. The van der Waals surface area contributed by atoms with Crippen LogP contribution in [0.4, 0.5) is 0 Å². The van der Waals surface area contributed by atoms with Crippen molar-refractivity contribution in [3.63, 3.8) is 0 Å². The lowest BCUT2D eigenvalue weighted by Gasteiger charge is -2.19. The molecule has 2 aromatic carbocycles. The highest BCUT2D eigenvalue weighted by Gasteiger charge is 2.33. The van der Waals surface area contributed by atoms with Gasteiger partial charge in [0.2, 0.25) is 0 Å². The van der Waals surface area contributed by atoms with Gasteiger partial charge >= 0.3 is 11.9 Å². The van der Waals surface area contributed by atoms with E-state index in [1.807, 2.05) is 12.1 Å². The van der Waals surface area contributed by atoms with E-state index in [9.17, 15) is 9.59 Å². The number of ether oxygens (including phenoxy) is 3. The molecule has 2 aromatic rings. The third-order valence-electron chi connectivity index (χ3n) is 3.67. The summed E-state index contributed by atoms with van der Waals surface area (Å²) in [5.41, 5.74) is 0.946. The molecule has 1 fully saturated rings. The largest absolute Gasteiger partial charge is 0.459 e. The number of hydrogen-bond donors (Lipinski definition) is 0. The van der Waals surface area contributed by atoms with Gasteiger partial charge in [0.15, 0.2) is 0 Å². The fourth-order valence-corrected chi connectivity index (χ4v) is 2.38. The minimum Gasteiger partial charge on any atom is -0.459 e. The first-order chi connectivity index (χ1) is 11.7. The van der Waals surface area contributed by atoms with E-state index >= 15 is 0 Å². The lowest BCUT2D eigenvalue weighted by Crippen LogP contribution is -2.32. The molecular weight excluding hydrogens is 308 g/mol. The molecular formula is C19H17O5. The molecule has 3 rings (SSSR count). The van der Waals surface area contributed by atoms with Gasteiger partial charge < -0.3 is 14.2 Å². The highest BCUT2D eigenvalue weighted by molar-refractivity contribution is 5.90. The first-order valence-electron chi connectivity index (χ1n) is 7.69. The molecule has 0 aliphatic carbocycles. The summed E-state index contributed by atoms with van der Waals surface area (Å²) >= 11 is 0. The molecule has 123 valence electrons. The molecule has 0 amide bonds. The Morgan fingerprint density at radius 1 is 0.917 bits per heavy atom. The van der Waals surface area contributed by atoms with Gasteiger partial charge in [-0.3, -0.25) is 0 Å². The molecule has 24 heavy (non-hydrogen) atoms.